The minimum Gasteiger partial charge on any atom is -0.393 e. The predicted octanol–water partition coefficient (Wildman–Crippen LogP) is 1.07. The number of ketones is 1. The Balaban J connectivity index is 2.40. The van der Waals surface area contributed by atoms with E-state index in [1.807, 2.05) is 13.8 Å². The first-order valence-corrected chi connectivity index (χ1v) is 7.24. The normalized spacial score (nSPS) is 27.8. The molecule has 1 aliphatic rings. The monoisotopic (exact) mass is 256 g/mol. The van der Waals surface area contributed by atoms with Crippen LogP contribution in [-0.4, -0.2) is 36.1 Å². The van der Waals surface area contributed by atoms with E-state index in [9.17, 15) is 9.90 Å². The van der Waals surface area contributed by atoms with Crippen LogP contribution in [-0.2, 0) is 4.79 Å². The average molecular weight is 256 g/mol. The van der Waals surface area contributed by atoms with Crippen molar-refractivity contribution in [3.63, 3.8) is 0 Å². The molecule has 0 aromatic carbocycles. The van der Waals surface area contributed by atoms with E-state index >= 15 is 0 Å². The Morgan fingerprint density at radius 2 is 2.22 bits per heavy atom. The van der Waals surface area contributed by atoms with Crippen LogP contribution in [0.4, 0.5) is 0 Å². The number of aliphatic hydroxyl groups is 1. The Kier molecular flexibility index (Phi) is 6.82. The van der Waals surface area contributed by atoms with Crippen molar-refractivity contribution in [1.29, 1.82) is 0 Å². The molecule has 0 aliphatic heterocycles. The fraction of sp³-hybridized carbons (Fsp3) is 0.929. The lowest BCUT2D eigenvalue weighted by Crippen LogP contribution is -2.40. The predicted molar refractivity (Wildman–Crippen MR) is 73.3 cm³/mol. The van der Waals surface area contributed by atoms with Gasteiger partial charge in [0.15, 0.2) is 5.78 Å². The summed E-state index contributed by atoms with van der Waals surface area (Å²) in [5.41, 5.74) is 5.96. The maximum absolute atomic E-state index is 12.2. The molecule has 106 valence electrons. The van der Waals surface area contributed by atoms with Crippen LogP contribution < -0.4 is 11.1 Å². The highest BCUT2D eigenvalue weighted by molar-refractivity contribution is 5.86. The first-order chi connectivity index (χ1) is 8.56. The van der Waals surface area contributed by atoms with Crippen molar-refractivity contribution in [2.45, 2.75) is 58.1 Å². The van der Waals surface area contributed by atoms with Crippen molar-refractivity contribution in [2.24, 2.45) is 17.6 Å². The van der Waals surface area contributed by atoms with E-state index in [0.717, 1.165) is 38.8 Å². The Bertz CT molecular complexity index is 256. The second-order valence-corrected chi connectivity index (χ2v) is 5.52. The van der Waals surface area contributed by atoms with Crippen molar-refractivity contribution in [3.05, 3.63) is 0 Å². The number of rotatable bonds is 7. The zero-order valence-electron chi connectivity index (χ0n) is 11.7. The van der Waals surface area contributed by atoms with Gasteiger partial charge in [-0.2, -0.15) is 0 Å². The van der Waals surface area contributed by atoms with E-state index in [0.29, 0.717) is 6.42 Å². The lowest BCUT2D eigenvalue weighted by atomic mass is 9.76. The third-order valence-corrected chi connectivity index (χ3v) is 4.05. The summed E-state index contributed by atoms with van der Waals surface area (Å²) in [6.07, 6.45) is 4.23. The highest BCUT2D eigenvalue weighted by Gasteiger charge is 2.31. The van der Waals surface area contributed by atoms with Crippen LogP contribution in [0.15, 0.2) is 0 Å². The van der Waals surface area contributed by atoms with Crippen LogP contribution in [0.2, 0.25) is 0 Å². The van der Waals surface area contributed by atoms with E-state index in [2.05, 4.69) is 5.32 Å². The van der Waals surface area contributed by atoms with Gasteiger partial charge >= 0.3 is 0 Å². The minimum atomic E-state index is -0.346. The summed E-state index contributed by atoms with van der Waals surface area (Å²) in [6, 6.07) is -0.346. The Labute approximate surface area is 110 Å². The van der Waals surface area contributed by atoms with Gasteiger partial charge in [0, 0.05) is 5.92 Å². The van der Waals surface area contributed by atoms with E-state index < -0.39 is 0 Å². The van der Waals surface area contributed by atoms with Crippen LogP contribution in [0.5, 0.6) is 0 Å². The third-order valence-electron chi connectivity index (χ3n) is 4.05. The highest BCUT2D eigenvalue weighted by atomic mass is 16.3. The molecule has 4 atom stereocenters. The van der Waals surface area contributed by atoms with Crippen molar-refractivity contribution >= 4 is 5.78 Å². The Hall–Kier alpha value is -0.450. The molecule has 0 amide bonds. The molecule has 0 radical (unpaired) electrons. The lowest BCUT2D eigenvalue weighted by Gasteiger charge is -2.31. The summed E-state index contributed by atoms with van der Waals surface area (Å²) < 4.78 is 0. The summed E-state index contributed by atoms with van der Waals surface area (Å²) in [6.45, 7) is 5.58. The van der Waals surface area contributed by atoms with Gasteiger partial charge in [-0.05, 0) is 51.6 Å². The van der Waals surface area contributed by atoms with Crippen LogP contribution in [0, 0.1) is 11.8 Å². The maximum atomic E-state index is 12.2. The van der Waals surface area contributed by atoms with Gasteiger partial charge < -0.3 is 16.2 Å². The second-order valence-electron chi connectivity index (χ2n) is 5.52. The summed E-state index contributed by atoms with van der Waals surface area (Å²) >= 11 is 0. The van der Waals surface area contributed by atoms with Crippen molar-refractivity contribution < 1.29 is 9.90 Å². The van der Waals surface area contributed by atoms with Crippen LogP contribution in [0.3, 0.4) is 0 Å². The smallest absolute Gasteiger partial charge is 0.152 e. The molecular weight excluding hydrogens is 228 g/mol. The number of carbonyl (C=O) groups excluding carboxylic acids is 1. The Morgan fingerprint density at radius 1 is 1.50 bits per heavy atom. The van der Waals surface area contributed by atoms with Crippen LogP contribution in [0.1, 0.15) is 46.0 Å². The third kappa shape index (κ3) is 4.67. The molecule has 0 heterocycles. The lowest BCUT2D eigenvalue weighted by molar-refractivity contribution is -0.126. The number of aliphatic hydroxyl groups excluding tert-OH is 1. The second kappa shape index (κ2) is 7.87. The fourth-order valence-corrected chi connectivity index (χ4v) is 2.80. The standard InChI is InChI=1S/C14H28N2O2/c1-3-16-8-7-13(15)14(18)12-6-4-5-11(9-12)10(2)17/h10-13,16-17H,3-9,15H2,1-2H3. The number of carbonyl (C=O) groups is 1. The van der Waals surface area contributed by atoms with Crippen LogP contribution >= 0.6 is 0 Å². The number of nitrogens with two attached hydrogens (primary N) is 1. The van der Waals surface area contributed by atoms with Gasteiger partial charge in [-0.25, -0.2) is 0 Å². The Morgan fingerprint density at radius 3 is 2.83 bits per heavy atom. The van der Waals surface area contributed by atoms with Gasteiger partial charge in [0.25, 0.3) is 0 Å². The van der Waals surface area contributed by atoms with E-state index in [-0.39, 0.29) is 29.8 Å². The van der Waals surface area contributed by atoms with Gasteiger partial charge in [-0.3, -0.25) is 4.79 Å². The molecule has 4 nitrogen and oxygen atoms in total. The molecule has 18 heavy (non-hydrogen) atoms. The first-order valence-electron chi connectivity index (χ1n) is 7.24. The molecule has 1 saturated carbocycles. The summed E-state index contributed by atoms with van der Waals surface area (Å²) in [7, 11) is 0. The first kappa shape index (κ1) is 15.6. The molecule has 0 spiro atoms. The zero-order chi connectivity index (χ0) is 13.5. The van der Waals surface area contributed by atoms with E-state index in [1.165, 1.54) is 0 Å². The van der Waals surface area contributed by atoms with Crippen LogP contribution in [0.25, 0.3) is 0 Å². The van der Waals surface area contributed by atoms with Gasteiger partial charge in [0.2, 0.25) is 0 Å². The molecule has 0 aromatic heterocycles. The number of nitrogens with one attached hydrogen (secondary N) is 1. The quantitative estimate of drug-likeness (QED) is 0.596. The van der Waals surface area contributed by atoms with Gasteiger partial charge in [-0.15, -0.1) is 0 Å². The SMILES string of the molecule is CCNCCC(N)C(=O)C1CCCC(C(C)O)C1. The number of Topliss-reactive ketones (excluding diaryl/α,β-unsaturated/α-hetero) is 1. The fourth-order valence-electron chi connectivity index (χ4n) is 2.80. The molecule has 0 bridgehead atoms. The molecule has 4 N–H and O–H groups in total. The molecule has 1 fully saturated rings. The maximum Gasteiger partial charge on any atom is 0.152 e. The molecule has 4 heteroatoms. The van der Waals surface area contributed by atoms with Gasteiger partial charge in [0.1, 0.15) is 0 Å². The summed E-state index contributed by atoms with van der Waals surface area (Å²) in [5.74, 6) is 0.530. The highest BCUT2D eigenvalue weighted by Crippen LogP contribution is 2.32. The molecule has 4 unspecified atom stereocenters. The average Bonchev–Trinajstić information content (AvgIpc) is 2.38. The number of hydrogen-bond donors (Lipinski definition) is 3. The largest absolute Gasteiger partial charge is 0.393 e. The molecule has 0 aromatic rings. The van der Waals surface area contributed by atoms with E-state index in [1.54, 1.807) is 0 Å². The summed E-state index contributed by atoms with van der Waals surface area (Å²) in [5, 5.41) is 12.8. The molecular formula is C14H28N2O2. The molecule has 0 saturated heterocycles. The number of hydrogen-bond acceptors (Lipinski definition) is 4. The molecule has 1 rings (SSSR count). The van der Waals surface area contributed by atoms with E-state index in [4.69, 9.17) is 5.73 Å². The zero-order valence-corrected chi connectivity index (χ0v) is 11.7. The minimum absolute atomic E-state index is 0.0648. The van der Waals surface area contributed by atoms with Gasteiger partial charge in [0.05, 0.1) is 12.1 Å². The topological polar surface area (TPSA) is 75.3 Å². The van der Waals surface area contributed by atoms with Crippen molar-refractivity contribution in [3.8, 4) is 0 Å². The van der Waals surface area contributed by atoms with Crippen molar-refractivity contribution in [1.82, 2.24) is 5.32 Å². The van der Waals surface area contributed by atoms with Gasteiger partial charge in [-0.1, -0.05) is 13.3 Å². The summed E-state index contributed by atoms with van der Waals surface area (Å²) in [4.78, 5) is 12.2. The van der Waals surface area contributed by atoms with Crippen molar-refractivity contribution in [2.75, 3.05) is 13.1 Å². The molecule has 1 aliphatic carbocycles.